The Morgan fingerprint density at radius 2 is 1.74 bits per heavy atom. The average molecular weight is 418 g/mol. The standard InChI is InChI=1S/C27H31NO3/c1-19-10-14-25(16-20(19)2)31-18-24-17-23(13-15-26(24)30-4)27(29)28-21(3)11-12-22-8-6-5-7-9-22/h5-10,13-17,21H,11-12,18H2,1-4H3,(H,28,29). The van der Waals surface area contributed by atoms with Crippen molar-refractivity contribution in [1.82, 2.24) is 5.32 Å². The fourth-order valence-electron chi connectivity index (χ4n) is 3.40. The summed E-state index contributed by atoms with van der Waals surface area (Å²) in [6.45, 7) is 6.50. The third-order valence-corrected chi connectivity index (χ3v) is 5.50. The van der Waals surface area contributed by atoms with Crippen LogP contribution in [0.25, 0.3) is 0 Å². The number of carbonyl (C=O) groups excluding carboxylic acids is 1. The molecule has 0 bridgehead atoms. The van der Waals surface area contributed by atoms with Gasteiger partial charge in [0.25, 0.3) is 5.91 Å². The normalized spacial score (nSPS) is 11.6. The summed E-state index contributed by atoms with van der Waals surface area (Å²) in [5.41, 5.74) is 5.13. The summed E-state index contributed by atoms with van der Waals surface area (Å²) in [7, 11) is 1.63. The SMILES string of the molecule is COc1ccc(C(=O)NC(C)CCc2ccccc2)cc1COc1ccc(C)c(C)c1. The highest BCUT2D eigenvalue weighted by atomic mass is 16.5. The van der Waals surface area contributed by atoms with Crippen molar-refractivity contribution < 1.29 is 14.3 Å². The van der Waals surface area contributed by atoms with E-state index in [4.69, 9.17) is 9.47 Å². The molecule has 0 aliphatic carbocycles. The molecule has 162 valence electrons. The summed E-state index contributed by atoms with van der Waals surface area (Å²) in [6.07, 6.45) is 1.81. The number of benzene rings is 3. The fourth-order valence-corrected chi connectivity index (χ4v) is 3.40. The van der Waals surface area contributed by atoms with Gasteiger partial charge in [0.05, 0.1) is 7.11 Å². The monoisotopic (exact) mass is 417 g/mol. The lowest BCUT2D eigenvalue weighted by Gasteiger charge is -2.16. The highest BCUT2D eigenvalue weighted by molar-refractivity contribution is 5.94. The van der Waals surface area contributed by atoms with Gasteiger partial charge in [0.15, 0.2) is 0 Å². The minimum atomic E-state index is -0.0874. The summed E-state index contributed by atoms with van der Waals surface area (Å²) < 4.78 is 11.4. The second kappa shape index (κ2) is 10.7. The number of methoxy groups -OCH3 is 1. The molecule has 0 radical (unpaired) electrons. The van der Waals surface area contributed by atoms with Crippen LogP contribution in [-0.2, 0) is 13.0 Å². The first-order chi connectivity index (χ1) is 15.0. The van der Waals surface area contributed by atoms with E-state index in [1.54, 1.807) is 13.2 Å². The number of ether oxygens (including phenoxy) is 2. The van der Waals surface area contributed by atoms with Gasteiger partial charge in [-0.15, -0.1) is 0 Å². The van der Waals surface area contributed by atoms with Crippen LogP contribution in [0.3, 0.4) is 0 Å². The molecular weight excluding hydrogens is 386 g/mol. The van der Waals surface area contributed by atoms with Crippen molar-refractivity contribution in [3.63, 3.8) is 0 Å². The summed E-state index contributed by atoms with van der Waals surface area (Å²) in [5, 5.41) is 3.10. The molecule has 0 saturated carbocycles. The van der Waals surface area contributed by atoms with Crippen LogP contribution in [0.15, 0.2) is 66.7 Å². The number of amides is 1. The molecule has 31 heavy (non-hydrogen) atoms. The molecule has 3 aromatic carbocycles. The number of nitrogens with one attached hydrogen (secondary N) is 1. The Balaban J connectivity index is 1.62. The third kappa shape index (κ3) is 6.35. The topological polar surface area (TPSA) is 47.6 Å². The van der Waals surface area contributed by atoms with E-state index in [2.05, 4.69) is 31.3 Å². The Kier molecular flexibility index (Phi) is 7.71. The summed E-state index contributed by atoms with van der Waals surface area (Å²) in [4.78, 5) is 12.8. The number of hydrogen-bond acceptors (Lipinski definition) is 3. The lowest BCUT2D eigenvalue weighted by atomic mass is 10.1. The van der Waals surface area contributed by atoms with Gasteiger partial charge in [0.2, 0.25) is 0 Å². The molecule has 4 nitrogen and oxygen atoms in total. The molecule has 1 N–H and O–H groups in total. The minimum absolute atomic E-state index is 0.0741. The van der Waals surface area contributed by atoms with E-state index < -0.39 is 0 Å². The van der Waals surface area contributed by atoms with Crippen molar-refractivity contribution in [3.05, 3.63) is 94.5 Å². The van der Waals surface area contributed by atoms with Crippen molar-refractivity contribution in [2.24, 2.45) is 0 Å². The minimum Gasteiger partial charge on any atom is -0.496 e. The Labute approximate surface area is 185 Å². The molecule has 1 amide bonds. The van der Waals surface area contributed by atoms with Crippen LogP contribution in [0.2, 0.25) is 0 Å². The molecular formula is C27H31NO3. The van der Waals surface area contributed by atoms with E-state index in [1.807, 2.05) is 55.5 Å². The van der Waals surface area contributed by atoms with Gasteiger partial charge in [-0.25, -0.2) is 0 Å². The maximum atomic E-state index is 12.8. The van der Waals surface area contributed by atoms with Gasteiger partial charge in [-0.1, -0.05) is 36.4 Å². The van der Waals surface area contributed by atoms with Crippen molar-refractivity contribution in [3.8, 4) is 11.5 Å². The maximum absolute atomic E-state index is 12.8. The first kappa shape index (κ1) is 22.4. The van der Waals surface area contributed by atoms with Crippen LogP contribution >= 0.6 is 0 Å². The molecule has 0 heterocycles. The second-order valence-electron chi connectivity index (χ2n) is 7.96. The lowest BCUT2D eigenvalue weighted by molar-refractivity contribution is 0.0938. The van der Waals surface area contributed by atoms with E-state index in [0.29, 0.717) is 17.9 Å². The van der Waals surface area contributed by atoms with E-state index in [0.717, 1.165) is 24.2 Å². The summed E-state index contributed by atoms with van der Waals surface area (Å²) in [6, 6.07) is 21.9. The second-order valence-corrected chi connectivity index (χ2v) is 7.96. The zero-order valence-corrected chi connectivity index (χ0v) is 18.8. The zero-order valence-electron chi connectivity index (χ0n) is 18.8. The van der Waals surface area contributed by atoms with Crippen LogP contribution in [0.1, 0.15) is 46.0 Å². The van der Waals surface area contributed by atoms with Crippen molar-refractivity contribution in [1.29, 1.82) is 0 Å². The number of rotatable bonds is 9. The van der Waals surface area contributed by atoms with Crippen LogP contribution in [0.4, 0.5) is 0 Å². The molecule has 1 unspecified atom stereocenters. The molecule has 0 aliphatic heterocycles. The maximum Gasteiger partial charge on any atom is 0.251 e. The molecule has 4 heteroatoms. The molecule has 1 atom stereocenters. The first-order valence-electron chi connectivity index (χ1n) is 10.7. The van der Waals surface area contributed by atoms with Crippen molar-refractivity contribution in [2.75, 3.05) is 7.11 Å². The smallest absolute Gasteiger partial charge is 0.251 e. The highest BCUT2D eigenvalue weighted by Crippen LogP contribution is 2.23. The zero-order chi connectivity index (χ0) is 22.2. The Morgan fingerprint density at radius 3 is 2.45 bits per heavy atom. The van der Waals surface area contributed by atoms with E-state index in [-0.39, 0.29) is 11.9 Å². The van der Waals surface area contributed by atoms with Gasteiger partial charge in [-0.05, 0) is 80.6 Å². The lowest BCUT2D eigenvalue weighted by Crippen LogP contribution is -2.33. The Hall–Kier alpha value is -3.27. The molecule has 0 aliphatic rings. The van der Waals surface area contributed by atoms with Gasteiger partial charge < -0.3 is 14.8 Å². The molecule has 3 rings (SSSR count). The number of hydrogen-bond donors (Lipinski definition) is 1. The van der Waals surface area contributed by atoms with Crippen LogP contribution in [-0.4, -0.2) is 19.1 Å². The first-order valence-corrected chi connectivity index (χ1v) is 10.7. The fraction of sp³-hybridized carbons (Fsp3) is 0.296. The van der Waals surface area contributed by atoms with Crippen LogP contribution < -0.4 is 14.8 Å². The van der Waals surface area contributed by atoms with Gasteiger partial charge in [0, 0.05) is 17.2 Å². The van der Waals surface area contributed by atoms with Gasteiger partial charge in [-0.2, -0.15) is 0 Å². The van der Waals surface area contributed by atoms with Crippen LogP contribution in [0, 0.1) is 13.8 Å². The Morgan fingerprint density at radius 1 is 0.968 bits per heavy atom. The molecule has 0 spiro atoms. The number of carbonyl (C=O) groups is 1. The summed E-state index contributed by atoms with van der Waals surface area (Å²) >= 11 is 0. The van der Waals surface area contributed by atoms with Crippen molar-refractivity contribution in [2.45, 2.75) is 46.3 Å². The van der Waals surface area contributed by atoms with E-state index >= 15 is 0 Å². The third-order valence-electron chi connectivity index (χ3n) is 5.50. The molecule has 0 fully saturated rings. The van der Waals surface area contributed by atoms with E-state index in [9.17, 15) is 4.79 Å². The largest absolute Gasteiger partial charge is 0.496 e. The Bertz CT molecular complexity index is 1010. The number of aryl methyl sites for hydroxylation is 3. The molecule has 3 aromatic rings. The summed E-state index contributed by atoms with van der Waals surface area (Å²) in [5.74, 6) is 1.42. The van der Waals surface area contributed by atoms with Crippen molar-refractivity contribution >= 4 is 5.91 Å². The van der Waals surface area contributed by atoms with Gasteiger partial charge in [-0.3, -0.25) is 4.79 Å². The predicted molar refractivity (Wildman–Crippen MR) is 125 cm³/mol. The molecule has 0 saturated heterocycles. The quantitative estimate of drug-likeness (QED) is 0.490. The predicted octanol–water partition coefficient (Wildman–Crippen LogP) is 5.64. The van der Waals surface area contributed by atoms with E-state index in [1.165, 1.54) is 16.7 Å². The molecule has 0 aromatic heterocycles. The van der Waals surface area contributed by atoms with Gasteiger partial charge in [0.1, 0.15) is 18.1 Å². The highest BCUT2D eigenvalue weighted by Gasteiger charge is 2.13. The average Bonchev–Trinajstić information content (AvgIpc) is 2.79. The van der Waals surface area contributed by atoms with Gasteiger partial charge >= 0.3 is 0 Å². The van der Waals surface area contributed by atoms with Crippen LogP contribution in [0.5, 0.6) is 11.5 Å².